The number of nitrogens with two attached hydrogens (primary N) is 1. The second-order valence-corrected chi connectivity index (χ2v) is 6.37. The fraction of sp³-hybridized carbons (Fsp3) is 0.318. The predicted octanol–water partition coefficient (Wildman–Crippen LogP) is 4.56. The first-order chi connectivity index (χ1) is 12.7. The van der Waals surface area contributed by atoms with Gasteiger partial charge >= 0.3 is 5.97 Å². The quantitative estimate of drug-likeness (QED) is 0.430. The van der Waals surface area contributed by atoms with Crippen LogP contribution in [-0.4, -0.2) is 19.2 Å². The highest BCUT2D eigenvalue weighted by atomic mass is 16.5. The molecule has 0 aromatic heterocycles. The normalized spacial score (nSPS) is 15.7. The Morgan fingerprint density at radius 3 is 2.35 bits per heavy atom. The summed E-state index contributed by atoms with van der Waals surface area (Å²) in [6.45, 7) is 5.13. The van der Waals surface area contributed by atoms with Gasteiger partial charge in [-0.1, -0.05) is 37.6 Å². The molecular weight excluding hydrogens is 326 g/mol. The molecular formula is C22H25NO3. The van der Waals surface area contributed by atoms with Gasteiger partial charge in [-0.15, -0.1) is 0 Å². The van der Waals surface area contributed by atoms with Gasteiger partial charge in [-0.3, -0.25) is 0 Å². The lowest BCUT2D eigenvalue weighted by molar-refractivity contribution is -0.138. The minimum atomic E-state index is -0.218. The molecule has 1 unspecified atom stereocenters. The number of carbonyl (C=O) groups excluding carboxylic acids is 1. The van der Waals surface area contributed by atoms with Gasteiger partial charge < -0.3 is 15.2 Å². The molecule has 0 amide bonds. The summed E-state index contributed by atoms with van der Waals surface area (Å²) in [6, 6.07) is 15.5. The Hall–Kier alpha value is -2.75. The summed E-state index contributed by atoms with van der Waals surface area (Å²) < 4.78 is 11.0. The maximum Gasteiger partial charge on any atom is 0.335 e. The second-order valence-electron chi connectivity index (χ2n) is 6.37. The molecule has 26 heavy (non-hydrogen) atoms. The third-order valence-corrected chi connectivity index (χ3v) is 4.48. The molecule has 0 fully saturated rings. The molecule has 0 radical (unpaired) electrons. The van der Waals surface area contributed by atoms with Gasteiger partial charge in [-0.25, -0.2) is 4.79 Å². The Labute approximate surface area is 154 Å². The number of allylic oxidation sites excluding steroid dienone is 1. The topological polar surface area (TPSA) is 61.5 Å². The first-order valence-electron chi connectivity index (χ1n) is 9.15. The zero-order valence-electron chi connectivity index (χ0n) is 15.3. The van der Waals surface area contributed by atoms with Crippen molar-refractivity contribution in [2.24, 2.45) is 0 Å². The van der Waals surface area contributed by atoms with Crippen molar-refractivity contribution in [2.45, 2.75) is 32.6 Å². The van der Waals surface area contributed by atoms with Gasteiger partial charge in [0.25, 0.3) is 0 Å². The van der Waals surface area contributed by atoms with Crippen molar-refractivity contribution in [3.8, 4) is 5.75 Å². The predicted molar refractivity (Wildman–Crippen MR) is 104 cm³/mol. The average Bonchev–Trinajstić information content (AvgIpc) is 3.39. The van der Waals surface area contributed by atoms with Gasteiger partial charge in [0, 0.05) is 11.6 Å². The number of esters is 1. The minimum Gasteiger partial charge on any atom is -0.494 e. The van der Waals surface area contributed by atoms with Gasteiger partial charge in [-0.05, 0) is 54.3 Å². The highest BCUT2D eigenvalue weighted by molar-refractivity contribution is 6.13. The first kappa shape index (κ1) is 18.1. The van der Waals surface area contributed by atoms with E-state index in [2.05, 4.69) is 6.92 Å². The summed E-state index contributed by atoms with van der Waals surface area (Å²) in [5.74, 6) is 0.589. The van der Waals surface area contributed by atoms with E-state index in [4.69, 9.17) is 15.2 Å². The van der Waals surface area contributed by atoms with E-state index in [1.54, 1.807) is 0 Å². The van der Waals surface area contributed by atoms with Crippen LogP contribution < -0.4 is 10.5 Å². The Morgan fingerprint density at radius 2 is 1.73 bits per heavy atom. The van der Waals surface area contributed by atoms with Gasteiger partial charge in [-0.2, -0.15) is 0 Å². The number of hydrogen-bond acceptors (Lipinski definition) is 4. The smallest absolute Gasteiger partial charge is 0.335 e. The molecule has 0 aliphatic heterocycles. The Balaban J connectivity index is 1.84. The number of unbranched alkanes of at least 4 members (excludes halogenated alkanes) is 1. The van der Waals surface area contributed by atoms with E-state index >= 15 is 0 Å². The zero-order chi connectivity index (χ0) is 18.5. The zero-order valence-corrected chi connectivity index (χ0v) is 15.3. The molecule has 2 aromatic carbocycles. The molecule has 0 saturated carbocycles. The molecule has 4 heteroatoms. The molecule has 136 valence electrons. The fourth-order valence-corrected chi connectivity index (χ4v) is 3.08. The number of carbonyl (C=O) groups is 1. The van der Waals surface area contributed by atoms with Crippen molar-refractivity contribution in [1.82, 2.24) is 0 Å². The molecule has 1 atom stereocenters. The molecule has 1 aliphatic carbocycles. The van der Waals surface area contributed by atoms with Crippen LogP contribution in [0.3, 0.4) is 0 Å². The molecule has 0 heterocycles. The molecule has 2 aromatic rings. The third kappa shape index (κ3) is 3.90. The van der Waals surface area contributed by atoms with Crippen molar-refractivity contribution in [2.75, 3.05) is 18.9 Å². The standard InChI is InChI=1S/C22H25NO3/c1-3-5-14-26-22(24)21-19(15-6-10-17(23)11-7-15)20(21)16-8-12-18(13-9-16)25-4-2/h6-13,20H,3-5,14,23H2,1-2H3. The lowest BCUT2D eigenvalue weighted by atomic mass is 10.0. The van der Waals surface area contributed by atoms with Gasteiger partial charge in [0.05, 0.1) is 18.8 Å². The fourth-order valence-electron chi connectivity index (χ4n) is 3.08. The van der Waals surface area contributed by atoms with E-state index in [1.165, 1.54) is 0 Å². The Morgan fingerprint density at radius 1 is 1.04 bits per heavy atom. The maximum atomic E-state index is 12.6. The molecule has 4 nitrogen and oxygen atoms in total. The van der Waals surface area contributed by atoms with Crippen LogP contribution in [0, 0.1) is 0 Å². The number of hydrogen-bond donors (Lipinski definition) is 1. The van der Waals surface area contributed by atoms with Crippen molar-refractivity contribution < 1.29 is 14.3 Å². The van der Waals surface area contributed by atoms with Crippen LogP contribution in [0.25, 0.3) is 5.57 Å². The van der Waals surface area contributed by atoms with Crippen molar-refractivity contribution in [3.63, 3.8) is 0 Å². The van der Waals surface area contributed by atoms with E-state index in [-0.39, 0.29) is 11.9 Å². The van der Waals surface area contributed by atoms with Gasteiger partial charge in [0.1, 0.15) is 5.75 Å². The first-order valence-corrected chi connectivity index (χ1v) is 9.15. The van der Waals surface area contributed by atoms with Crippen molar-refractivity contribution >= 4 is 17.2 Å². The molecule has 2 N–H and O–H groups in total. The molecule has 1 aliphatic rings. The lowest BCUT2D eigenvalue weighted by Gasteiger charge is -2.06. The van der Waals surface area contributed by atoms with Crippen LogP contribution in [0.2, 0.25) is 0 Å². The lowest BCUT2D eigenvalue weighted by Crippen LogP contribution is -2.05. The number of rotatable bonds is 8. The Kier molecular flexibility index (Phi) is 5.61. The van der Waals surface area contributed by atoms with Crippen LogP contribution in [0.5, 0.6) is 5.75 Å². The summed E-state index contributed by atoms with van der Waals surface area (Å²) in [5, 5.41) is 0. The number of ether oxygens (including phenoxy) is 2. The largest absolute Gasteiger partial charge is 0.494 e. The molecule has 0 spiro atoms. The number of benzene rings is 2. The molecule has 0 bridgehead atoms. The summed E-state index contributed by atoms with van der Waals surface area (Å²) in [4.78, 5) is 12.6. The van der Waals surface area contributed by atoms with E-state index < -0.39 is 0 Å². The van der Waals surface area contributed by atoms with E-state index in [0.717, 1.165) is 40.9 Å². The maximum absolute atomic E-state index is 12.6. The van der Waals surface area contributed by atoms with Crippen LogP contribution >= 0.6 is 0 Å². The van der Waals surface area contributed by atoms with Gasteiger partial charge in [0.2, 0.25) is 0 Å². The van der Waals surface area contributed by atoms with Crippen LogP contribution in [0.4, 0.5) is 5.69 Å². The molecule has 3 rings (SSSR count). The summed E-state index contributed by atoms with van der Waals surface area (Å²) in [5.41, 5.74) is 10.4. The van der Waals surface area contributed by atoms with Crippen LogP contribution in [0.1, 0.15) is 43.7 Å². The van der Waals surface area contributed by atoms with E-state index in [9.17, 15) is 4.79 Å². The Bertz CT molecular complexity index is 791. The summed E-state index contributed by atoms with van der Waals surface area (Å²) in [6.07, 6.45) is 1.88. The SMILES string of the molecule is CCCCOC(=O)C1=C(c2ccc(N)cc2)C1c1ccc(OCC)cc1. The van der Waals surface area contributed by atoms with Crippen molar-refractivity contribution in [3.05, 3.63) is 65.2 Å². The van der Waals surface area contributed by atoms with E-state index in [1.807, 2.05) is 55.5 Å². The average molecular weight is 351 g/mol. The monoisotopic (exact) mass is 351 g/mol. The van der Waals surface area contributed by atoms with E-state index in [0.29, 0.717) is 18.9 Å². The second kappa shape index (κ2) is 8.09. The van der Waals surface area contributed by atoms with Crippen LogP contribution in [0.15, 0.2) is 54.1 Å². The number of anilines is 1. The third-order valence-electron chi connectivity index (χ3n) is 4.48. The van der Waals surface area contributed by atoms with Gasteiger partial charge in [0.15, 0.2) is 0 Å². The molecule has 0 saturated heterocycles. The summed E-state index contributed by atoms with van der Waals surface area (Å²) in [7, 11) is 0. The summed E-state index contributed by atoms with van der Waals surface area (Å²) >= 11 is 0. The van der Waals surface area contributed by atoms with Crippen molar-refractivity contribution in [1.29, 1.82) is 0 Å². The minimum absolute atomic E-state index is 0.0246. The number of nitrogen functional groups attached to an aromatic ring is 1. The highest BCUT2D eigenvalue weighted by Gasteiger charge is 2.44. The van der Waals surface area contributed by atoms with Crippen LogP contribution in [-0.2, 0) is 9.53 Å². The highest BCUT2D eigenvalue weighted by Crippen LogP contribution is 2.54.